The summed E-state index contributed by atoms with van der Waals surface area (Å²) < 4.78 is 5.91. The fourth-order valence-corrected chi connectivity index (χ4v) is 3.58. The molecule has 124 valence electrons. The van der Waals surface area contributed by atoms with E-state index in [1.54, 1.807) is 0 Å². The number of hydrogen-bond donors (Lipinski definition) is 1. The van der Waals surface area contributed by atoms with Crippen molar-refractivity contribution in [1.82, 2.24) is 10.2 Å². The molecule has 0 spiro atoms. The number of furan rings is 1. The Morgan fingerprint density at radius 2 is 1.88 bits per heavy atom. The van der Waals surface area contributed by atoms with Crippen molar-refractivity contribution >= 4 is 11.0 Å². The number of likely N-dealkylation sites (tertiary alicyclic amines) is 1. The summed E-state index contributed by atoms with van der Waals surface area (Å²) in [5, 5.41) is 4.86. The standard InChI is InChI=1S/C21H24N2O/c1-2-7-17(8-3-1)15-23-12-6-10-19(16-23)22-14-20-13-18-9-4-5-11-21(18)24-20/h1-5,7-9,11,13,19,22H,6,10,12,14-16H2. The van der Waals surface area contributed by atoms with Crippen LogP contribution < -0.4 is 5.32 Å². The van der Waals surface area contributed by atoms with Crippen LogP contribution in [0.1, 0.15) is 24.2 Å². The van der Waals surface area contributed by atoms with E-state index in [1.807, 2.05) is 12.1 Å². The molecule has 1 N–H and O–H groups in total. The first-order valence-corrected chi connectivity index (χ1v) is 8.84. The Morgan fingerprint density at radius 3 is 2.75 bits per heavy atom. The second-order valence-corrected chi connectivity index (χ2v) is 6.69. The van der Waals surface area contributed by atoms with Gasteiger partial charge in [-0.1, -0.05) is 48.5 Å². The Labute approximate surface area is 143 Å². The third-order valence-electron chi connectivity index (χ3n) is 4.80. The van der Waals surface area contributed by atoms with Crippen molar-refractivity contribution in [3.8, 4) is 0 Å². The molecule has 2 heterocycles. The summed E-state index contributed by atoms with van der Waals surface area (Å²) in [5.74, 6) is 1.02. The van der Waals surface area contributed by atoms with Gasteiger partial charge in [-0.15, -0.1) is 0 Å². The van der Waals surface area contributed by atoms with Gasteiger partial charge < -0.3 is 9.73 Å². The van der Waals surface area contributed by atoms with Crippen LogP contribution >= 0.6 is 0 Å². The van der Waals surface area contributed by atoms with Crippen LogP contribution in [-0.2, 0) is 13.1 Å². The zero-order chi connectivity index (χ0) is 16.2. The van der Waals surface area contributed by atoms with Gasteiger partial charge in [-0.05, 0) is 37.1 Å². The summed E-state index contributed by atoms with van der Waals surface area (Å²) in [6.07, 6.45) is 2.50. The third-order valence-corrected chi connectivity index (χ3v) is 4.80. The van der Waals surface area contributed by atoms with Gasteiger partial charge in [0, 0.05) is 24.5 Å². The molecule has 3 heteroatoms. The van der Waals surface area contributed by atoms with E-state index in [1.165, 1.54) is 30.3 Å². The molecule has 1 fully saturated rings. The largest absolute Gasteiger partial charge is 0.460 e. The number of piperidine rings is 1. The molecule has 0 aliphatic carbocycles. The molecule has 3 aromatic rings. The van der Waals surface area contributed by atoms with Gasteiger partial charge in [0.05, 0.1) is 6.54 Å². The smallest absolute Gasteiger partial charge is 0.134 e. The molecule has 1 saturated heterocycles. The van der Waals surface area contributed by atoms with Crippen LogP contribution in [0.4, 0.5) is 0 Å². The van der Waals surface area contributed by atoms with Gasteiger partial charge in [0.25, 0.3) is 0 Å². The molecule has 1 aliphatic rings. The molecular weight excluding hydrogens is 296 g/mol. The second kappa shape index (κ2) is 7.20. The van der Waals surface area contributed by atoms with Gasteiger partial charge in [0.15, 0.2) is 0 Å². The summed E-state index contributed by atoms with van der Waals surface area (Å²) >= 11 is 0. The Morgan fingerprint density at radius 1 is 1.04 bits per heavy atom. The Bertz CT molecular complexity index is 748. The highest BCUT2D eigenvalue weighted by molar-refractivity contribution is 5.77. The number of rotatable bonds is 5. The van der Waals surface area contributed by atoms with E-state index in [0.717, 1.165) is 31.0 Å². The molecule has 0 amide bonds. The fourth-order valence-electron chi connectivity index (χ4n) is 3.58. The third kappa shape index (κ3) is 3.69. The first kappa shape index (κ1) is 15.4. The van der Waals surface area contributed by atoms with E-state index in [0.29, 0.717) is 6.04 Å². The lowest BCUT2D eigenvalue weighted by atomic mass is 10.0. The van der Waals surface area contributed by atoms with Crippen LogP contribution in [0, 0.1) is 0 Å². The lowest BCUT2D eigenvalue weighted by Crippen LogP contribution is -2.44. The van der Waals surface area contributed by atoms with Crippen molar-refractivity contribution in [3.05, 3.63) is 72.0 Å². The SMILES string of the molecule is c1ccc(CN2CCCC(NCc3cc4ccccc4o3)C2)cc1. The summed E-state index contributed by atoms with van der Waals surface area (Å²) in [7, 11) is 0. The first-order chi connectivity index (χ1) is 11.9. The molecule has 0 bridgehead atoms. The average molecular weight is 320 g/mol. The summed E-state index contributed by atoms with van der Waals surface area (Å²) in [4.78, 5) is 2.55. The number of benzene rings is 2. The van der Waals surface area contributed by atoms with Crippen LogP contribution in [0.3, 0.4) is 0 Å². The lowest BCUT2D eigenvalue weighted by molar-refractivity contribution is 0.181. The molecule has 1 atom stereocenters. The lowest BCUT2D eigenvalue weighted by Gasteiger charge is -2.33. The Balaban J connectivity index is 1.33. The van der Waals surface area contributed by atoms with Crippen LogP contribution in [0.15, 0.2) is 65.1 Å². The molecule has 1 aromatic heterocycles. The molecular formula is C21H24N2O. The molecule has 2 aromatic carbocycles. The minimum Gasteiger partial charge on any atom is -0.460 e. The van der Waals surface area contributed by atoms with E-state index in [9.17, 15) is 0 Å². The van der Waals surface area contributed by atoms with Gasteiger partial charge in [0.1, 0.15) is 11.3 Å². The average Bonchev–Trinajstić information content (AvgIpc) is 3.04. The van der Waals surface area contributed by atoms with E-state index in [-0.39, 0.29) is 0 Å². The highest BCUT2D eigenvalue weighted by Gasteiger charge is 2.19. The van der Waals surface area contributed by atoms with Crippen LogP contribution in [0.5, 0.6) is 0 Å². The van der Waals surface area contributed by atoms with Crippen LogP contribution in [0.2, 0.25) is 0 Å². The minimum absolute atomic E-state index is 0.538. The van der Waals surface area contributed by atoms with E-state index in [2.05, 4.69) is 58.7 Å². The zero-order valence-corrected chi connectivity index (χ0v) is 13.9. The molecule has 3 nitrogen and oxygen atoms in total. The van der Waals surface area contributed by atoms with Gasteiger partial charge in [-0.25, -0.2) is 0 Å². The van der Waals surface area contributed by atoms with Crippen molar-refractivity contribution in [2.45, 2.75) is 32.0 Å². The van der Waals surface area contributed by atoms with Gasteiger partial charge in [-0.2, -0.15) is 0 Å². The van der Waals surface area contributed by atoms with Gasteiger partial charge >= 0.3 is 0 Å². The maximum absolute atomic E-state index is 5.91. The predicted octanol–water partition coefficient (Wildman–Crippen LogP) is 4.19. The van der Waals surface area contributed by atoms with E-state index >= 15 is 0 Å². The van der Waals surface area contributed by atoms with E-state index < -0.39 is 0 Å². The number of nitrogens with zero attached hydrogens (tertiary/aromatic N) is 1. The summed E-state index contributed by atoms with van der Waals surface area (Å²) in [6, 6.07) is 21.6. The molecule has 1 unspecified atom stereocenters. The molecule has 24 heavy (non-hydrogen) atoms. The number of hydrogen-bond acceptors (Lipinski definition) is 3. The Hall–Kier alpha value is -2.10. The molecule has 0 saturated carbocycles. The maximum Gasteiger partial charge on any atom is 0.134 e. The number of fused-ring (bicyclic) bond motifs is 1. The minimum atomic E-state index is 0.538. The van der Waals surface area contributed by atoms with Crippen molar-refractivity contribution in [2.75, 3.05) is 13.1 Å². The summed E-state index contributed by atoms with van der Waals surface area (Å²) in [5.41, 5.74) is 2.37. The van der Waals surface area contributed by atoms with Crippen molar-refractivity contribution in [2.24, 2.45) is 0 Å². The van der Waals surface area contributed by atoms with E-state index in [4.69, 9.17) is 4.42 Å². The number of nitrogens with one attached hydrogen (secondary N) is 1. The van der Waals surface area contributed by atoms with Gasteiger partial charge in [0.2, 0.25) is 0 Å². The topological polar surface area (TPSA) is 28.4 Å². The van der Waals surface area contributed by atoms with Crippen LogP contribution in [-0.4, -0.2) is 24.0 Å². The zero-order valence-electron chi connectivity index (χ0n) is 13.9. The molecule has 0 radical (unpaired) electrons. The van der Waals surface area contributed by atoms with Crippen molar-refractivity contribution < 1.29 is 4.42 Å². The maximum atomic E-state index is 5.91. The highest BCUT2D eigenvalue weighted by atomic mass is 16.3. The highest BCUT2D eigenvalue weighted by Crippen LogP contribution is 2.19. The first-order valence-electron chi connectivity index (χ1n) is 8.84. The fraction of sp³-hybridized carbons (Fsp3) is 0.333. The van der Waals surface area contributed by atoms with Crippen molar-refractivity contribution in [3.63, 3.8) is 0 Å². The molecule has 1 aliphatic heterocycles. The quantitative estimate of drug-likeness (QED) is 0.764. The molecule has 4 rings (SSSR count). The summed E-state index contributed by atoms with van der Waals surface area (Å²) in [6.45, 7) is 4.15. The second-order valence-electron chi connectivity index (χ2n) is 6.69. The normalized spacial score (nSPS) is 18.9. The van der Waals surface area contributed by atoms with Gasteiger partial charge in [-0.3, -0.25) is 4.90 Å². The monoisotopic (exact) mass is 320 g/mol. The van der Waals surface area contributed by atoms with Crippen molar-refractivity contribution in [1.29, 1.82) is 0 Å². The Kier molecular flexibility index (Phi) is 4.63. The number of para-hydroxylation sites is 1. The predicted molar refractivity (Wildman–Crippen MR) is 97.8 cm³/mol. The van der Waals surface area contributed by atoms with Crippen LogP contribution in [0.25, 0.3) is 11.0 Å².